The zero-order chi connectivity index (χ0) is 18.1. The lowest BCUT2D eigenvalue weighted by atomic mass is 10.1. The van der Waals surface area contributed by atoms with Crippen LogP contribution in [0.4, 0.5) is 5.69 Å². The average Bonchev–Trinajstić information content (AvgIpc) is 2.62. The number of halogens is 1. The molecule has 25 heavy (non-hydrogen) atoms. The van der Waals surface area contributed by atoms with Gasteiger partial charge >= 0.3 is 0 Å². The zero-order valence-electron chi connectivity index (χ0n) is 14.2. The molecule has 0 saturated heterocycles. The van der Waals surface area contributed by atoms with E-state index in [1.807, 2.05) is 55.5 Å². The van der Waals surface area contributed by atoms with Crippen LogP contribution in [0.25, 0.3) is 0 Å². The normalized spacial score (nSPS) is 10.1. The van der Waals surface area contributed by atoms with E-state index in [1.165, 1.54) is 0 Å². The van der Waals surface area contributed by atoms with Gasteiger partial charge in [-0.2, -0.15) is 5.26 Å². The van der Waals surface area contributed by atoms with Crippen LogP contribution in [0.5, 0.6) is 5.75 Å². The lowest BCUT2D eigenvalue weighted by molar-refractivity contribution is -0.118. The minimum absolute atomic E-state index is 0.0133. The largest absolute Gasteiger partial charge is 0.494 e. The highest BCUT2D eigenvalue weighted by Gasteiger charge is 2.15. The van der Waals surface area contributed by atoms with Crippen molar-refractivity contribution in [2.45, 2.75) is 26.2 Å². The molecule has 0 spiro atoms. The van der Waals surface area contributed by atoms with Crippen molar-refractivity contribution in [3.63, 3.8) is 0 Å². The fourth-order valence-corrected chi connectivity index (χ4v) is 2.97. The Morgan fingerprint density at radius 1 is 1.24 bits per heavy atom. The highest BCUT2D eigenvalue weighted by molar-refractivity contribution is 9.10. The summed E-state index contributed by atoms with van der Waals surface area (Å²) in [5.41, 5.74) is 1.90. The van der Waals surface area contributed by atoms with Crippen LogP contribution in [0.15, 0.2) is 53.0 Å². The van der Waals surface area contributed by atoms with Gasteiger partial charge in [-0.15, -0.1) is 0 Å². The molecule has 1 amide bonds. The van der Waals surface area contributed by atoms with Crippen LogP contribution in [-0.2, 0) is 11.2 Å². The minimum atomic E-state index is 0.0133. The van der Waals surface area contributed by atoms with Crippen molar-refractivity contribution in [3.05, 3.63) is 58.6 Å². The Hall–Kier alpha value is -2.32. The number of nitrogens with zero attached hydrogens (tertiary/aromatic N) is 2. The van der Waals surface area contributed by atoms with E-state index < -0.39 is 0 Å². The van der Waals surface area contributed by atoms with Gasteiger partial charge in [0.25, 0.3) is 0 Å². The first kappa shape index (κ1) is 19.0. The van der Waals surface area contributed by atoms with Gasteiger partial charge in [-0.25, -0.2) is 0 Å². The Labute approximate surface area is 157 Å². The molecule has 0 aromatic heterocycles. The average molecular weight is 401 g/mol. The van der Waals surface area contributed by atoms with Gasteiger partial charge in [-0.1, -0.05) is 28.1 Å². The summed E-state index contributed by atoms with van der Waals surface area (Å²) >= 11 is 3.45. The number of hydrogen-bond donors (Lipinski definition) is 0. The predicted molar refractivity (Wildman–Crippen MR) is 103 cm³/mol. The van der Waals surface area contributed by atoms with Gasteiger partial charge in [0.05, 0.1) is 19.1 Å². The molecule has 0 saturated carbocycles. The number of ether oxygens (including phenoxy) is 1. The topological polar surface area (TPSA) is 53.3 Å². The molecule has 0 fully saturated rings. The number of benzene rings is 2. The summed E-state index contributed by atoms with van der Waals surface area (Å²) < 4.78 is 6.44. The number of rotatable bonds is 8. The summed E-state index contributed by atoms with van der Waals surface area (Å²) in [6.07, 6.45) is 1.36. The maximum atomic E-state index is 12.7. The van der Waals surface area contributed by atoms with Crippen LogP contribution in [-0.4, -0.2) is 19.1 Å². The number of anilines is 1. The van der Waals surface area contributed by atoms with Crippen LogP contribution in [0.2, 0.25) is 0 Å². The van der Waals surface area contributed by atoms with E-state index in [1.54, 1.807) is 4.90 Å². The SMILES string of the molecule is CCOc1ccc(N(CCC#N)C(=O)CCc2cccc(Br)c2)cc1. The maximum Gasteiger partial charge on any atom is 0.227 e. The molecule has 0 N–H and O–H groups in total. The molecule has 5 heteroatoms. The van der Waals surface area contributed by atoms with Crippen LogP contribution in [0, 0.1) is 11.3 Å². The molecule has 0 unspecified atom stereocenters. The van der Waals surface area contributed by atoms with Crippen molar-refractivity contribution in [1.82, 2.24) is 0 Å². The number of aryl methyl sites for hydroxylation is 1. The fourth-order valence-electron chi connectivity index (χ4n) is 2.53. The van der Waals surface area contributed by atoms with E-state index >= 15 is 0 Å². The number of hydrogen-bond acceptors (Lipinski definition) is 3. The third kappa shape index (κ3) is 5.91. The quantitative estimate of drug-likeness (QED) is 0.643. The van der Waals surface area contributed by atoms with Gasteiger partial charge in [0, 0.05) is 23.1 Å². The molecular weight excluding hydrogens is 380 g/mol. The summed E-state index contributed by atoms with van der Waals surface area (Å²) in [7, 11) is 0. The standard InChI is InChI=1S/C20H21BrN2O2/c1-2-25-19-10-8-18(9-11-19)23(14-4-13-22)20(24)12-7-16-5-3-6-17(21)15-16/h3,5-6,8-11,15H,2,4,7,12,14H2,1H3. The van der Waals surface area contributed by atoms with Crippen molar-refractivity contribution >= 4 is 27.5 Å². The fraction of sp³-hybridized carbons (Fsp3) is 0.300. The maximum absolute atomic E-state index is 12.7. The first-order valence-corrected chi connectivity index (χ1v) is 9.08. The smallest absolute Gasteiger partial charge is 0.227 e. The highest BCUT2D eigenvalue weighted by atomic mass is 79.9. The Morgan fingerprint density at radius 3 is 2.64 bits per heavy atom. The molecule has 0 atom stereocenters. The molecular formula is C20H21BrN2O2. The molecule has 2 aromatic carbocycles. The Balaban J connectivity index is 2.07. The minimum Gasteiger partial charge on any atom is -0.494 e. The molecule has 0 aliphatic carbocycles. The van der Waals surface area contributed by atoms with Crippen molar-refractivity contribution in [2.24, 2.45) is 0 Å². The summed E-state index contributed by atoms with van der Waals surface area (Å²) in [4.78, 5) is 14.4. The van der Waals surface area contributed by atoms with Crippen LogP contribution >= 0.6 is 15.9 Å². The van der Waals surface area contributed by atoms with E-state index in [0.29, 0.717) is 32.4 Å². The summed E-state index contributed by atoms with van der Waals surface area (Å²) in [6, 6.07) is 17.5. The molecule has 0 aliphatic rings. The van der Waals surface area contributed by atoms with E-state index in [-0.39, 0.29) is 5.91 Å². The second-order valence-corrected chi connectivity index (χ2v) is 6.43. The first-order chi connectivity index (χ1) is 12.1. The van der Waals surface area contributed by atoms with Crippen LogP contribution < -0.4 is 9.64 Å². The molecule has 4 nitrogen and oxygen atoms in total. The van der Waals surface area contributed by atoms with Gasteiger partial charge < -0.3 is 9.64 Å². The van der Waals surface area contributed by atoms with Crippen LogP contribution in [0.1, 0.15) is 25.3 Å². The molecule has 0 bridgehead atoms. The monoisotopic (exact) mass is 400 g/mol. The van der Waals surface area contributed by atoms with Crippen LogP contribution in [0.3, 0.4) is 0 Å². The Bertz CT molecular complexity index is 738. The highest BCUT2D eigenvalue weighted by Crippen LogP contribution is 2.21. The zero-order valence-corrected chi connectivity index (χ0v) is 15.8. The Morgan fingerprint density at radius 2 is 2.00 bits per heavy atom. The number of carbonyl (C=O) groups excluding carboxylic acids is 1. The summed E-state index contributed by atoms with van der Waals surface area (Å²) in [5, 5.41) is 8.88. The van der Waals surface area contributed by atoms with Crippen molar-refractivity contribution < 1.29 is 9.53 Å². The van der Waals surface area contributed by atoms with Gasteiger partial charge in [0.1, 0.15) is 5.75 Å². The van der Waals surface area contributed by atoms with Crippen molar-refractivity contribution in [3.8, 4) is 11.8 Å². The van der Waals surface area contributed by atoms with E-state index in [9.17, 15) is 4.79 Å². The van der Waals surface area contributed by atoms with Crippen molar-refractivity contribution in [2.75, 3.05) is 18.1 Å². The molecule has 2 aromatic rings. The summed E-state index contributed by atoms with van der Waals surface area (Å²) in [6.45, 7) is 2.92. The van der Waals surface area contributed by atoms with E-state index in [0.717, 1.165) is 21.5 Å². The number of carbonyl (C=O) groups is 1. The second kappa shape index (κ2) is 9.85. The van der Waals surface area contributed by atoms with Gasteiger partial charge in [-0.3, -0.25) is 4.79 Å². The molecule has 2 rings (SSSR count). The van der Waals surface area contributed by atoms with E-state index in [4.69, 9.17) is 10.00 Å². The summed E-state index contributed by atoms with van der Waals surface area (Å²) in [5.74, 6) is 0.785. The molecule has 130 valence electrons. The third-order valence-corrected chi connectivity index (χ3v) is 4.22. The van der Waals surface area contributed by atoms with Gasteiger partial charge in [-0.05, 0) is 55.3 Å². The number of nitriles is 1. The molecule has 0 aliphatic heterocycles. The second-order valence-electron chi connectivity index (χ2n) is 5.51. The first-order valence-electron chi connectivity index (χ1n) is 8.28. The predicted octanol–water partition coefficient (Wildman–Crippen LogP) is 4.73. The lowest BCUT2D eigenvalue weighted by Gasteiger charge is -2.22. The third-order valence-electron chi connectivity index (χ3n) is 3.72. The van der Waals surface area contributed by atoms with E-state index in [2.05, 4.69) is 22.0 Å². The Kier molecular flexibility index (Phi) is 7.49. The molecule has 0 heterocycles. The van der Waals surface area contributed by atoms with Gasteiger partial charge in [0.15, 0.2) is 0 Å². The number of amides is 1. The van der Waals surface area contributed by atoms with Crippen molar-refractivity contribution in [1.29, 1.82) is 5.26 Å². The molecule has 0 radical (unpaired) electrons. The lowest BCUT2D eigenvalue weighted by Crippen LogP contribution is -2.32. The van der Waals surface area contributed by atoms with Gasteiger partial charge in [0.2, 0.25) is 5.91 Å².